The van der Waals surface area contributed by atoms with Crippen molar-refractivity contribution in [2.45, 2.75) is 39.5 Å². The number of aliphatic carboxylic acids is 1. The van der Waals surface area contributed by atoms with E-state index in [1.807, 2.05) is 0 Å². The summed E-state index contributed by atoms with van der Waals surface area (Å²) in [5.41, 5.74) is 5.62. The third-order valence-corrected chi connectivity index (χ3v) is 5.06. The predicted octanol–water partition coefficient (Wildman–Crippen LogP) is 3.85. The molecule has 0 amide bonds. The molecule has 0 aliphatic heterocycles. The SMILES string of the molecule is Cc1cc(C)c(-c2nc3c(s2)CCC3C(=O)O)c(C)c1. The van der Waals surface area contributed by atoms with Crippen molar-refractivity contribution in [2.75, 3.05) is 0 Å². The van der Waals surface area contributed by atoms with Gasteiger partial charge in [-0.15, -0.1) is 11.3 Å². The standard InChI is InChI=1S/C16H17NO2S/c1-8-6-9(2)13(10(3)7-8)15-17-14-11(16(18)19)4-5-12(14)20-15/h6-7,11H,4-5H2,1-3H3,(H,18,19). The molecule has 0 radical (unpaired) electrons. The number of nitrogens with zero attached hydrogens (tertiary/aromatic N) is 1. The number of carboxylic acid groups (broad SMARTS) is 1. The normalized spacial score (nSPS) is 17.2. The lowest BCUT2D eigenvalue weighted by atomic mass is 10.0. The van der Waals surface area contributed by atoms with Crippen molar-refractivity contribution in [2.24, 2.45) is 0 Å². The summed E-state index contributed by atoms with van der Waals surface area (Å²) >= 11 is 1.66. The summed E-state index contributed by atoms with van der Waals surface area (Å²) in [5.74, 6) is -1.17. The maximum absolute atomic E-state index is 11.3. The lowest BCUT2D eigenvalue weighted by Crippen LogP contribution is -2.08. The van der Waals surface area contributed by atoms with E-state index in [-0.39, 0.29) is 0 Å². The van der Waals surface area contributed by atoms with Gasteiger partial charge in [0.25, 0.3) is 0 Å². The lowest BCUT2D eigenvalue weighted by molar-refractivity contribution is -0.138. The highest BCUT2D eigenvalue weighted by Crippen LogP contribution is 2.41. The average molecular weight is 287 g/mol. The van der Waals surface area contributed by atoms with Gasteiger partial charge in [-0.25, -0.2) is 4.98 Å². The van der Waals surface area contributed by atoms with Crippen molar-refractivity contribution in [3.8, 4) is 10.6 Å². The molecule has 1 unspecified atom stereocenters. The van der Waals surface area contributed by atoms with Crippen LogP contribution in [0.1, 0.15) is 39.6 Å². The van der Waals surface area contributed by atoms with Crippen LogP contribution in [0.2, 0.25) is 0 Å². The Morgan fingerprint density at radius 2 is 1.95 bits per heavy atom. The van der Waals surface area contributed by atoms with E-state index in [1.54, 1.807) is 11.3 Å². The number of hydrogen-bond acceptors (Lipinski definition) is 3. The summed E-state index contributed by atoms with van der Waals surface area (Å²) in [7, 11) is 0. The number of rotatable bonds is 2. The molecule has 104 valence electrons. The zero-order chi connectivity index (χ0) is 14.4. The zero-order valence-electron chi connectivity index (χ0n) is 11.9. The number of thiazole rings is 1. The van der Waals surface area contributed by atoms with E-state index in [2.05, 4.69) is 37.9 Å². The highest BCUT2D eigenvalue weighted by Gasteiger charge is 2.32. The molecule has 20 heavy (non-hydrogen) atoms. The van der Waals surface area contributed by atoms with Crippen LogP contribution >= 0.6 is 11.3 Å². The number of fused-ring (bicyclic) bond motifs is 1. The number of aryl methyl sites for hydroxylation is 4. The fourth-order valence-corrected chi connectivity index (χ4v) is 4.41. The summed E-state index contributed by atoms with van der Waals surface area (Å²) in [6, 6.07) is 4.31. The van der Waals surface area contributed by atoms with Crippen molar-refractivity contribution < 1.29 is 9.90 Å². The van der Waals surface area contributed by atoms with Crippen molar-refractivity contribution in [1.29, 1.82) is 0 Å². The second-order valence-corrected chi connectivity index (χ2v) is 6.61. The Hall–Kier alpha value is -1.68. The van der Waals surface area contributed by atoms with Crippen LogP contribution in [0.3, 0.4) is 0 Å². The first-order chi connectivity index (χ1) is 9.47. The molecule has 1 aromatic heterocycles. The Kier molecular flexibility index (Phi) is 3.13. The van der Waals surface area contributed by atoms with Gasteiger partial charge in [0.05, 0.1) is 5.69 Å². The predicted molar refractivity (Wildman–Crippen MR) is 80.5 cm³/mol. The largest absolute Gasteiger partial charge is 0.481 e. The van der Waals surface area contributed by atoms with Crippen LogP contribution in [0.25, 0.3) is 10.6 Å². The monoisotopic (exact) mass is 287 g/mol. The molecule has 1 aliphatic rings. The molecule has 3 rings (SSSR count). The van der Waals surface area contributed by atoms with Gasteiger partial charge in [0.1, 0.15) is 10.9 Å². The molecule has 3 nitrogen and oxygen atoms in total. The summed E-state index contributed by atoms with van der Waals surface area (Å²) in [6.45, 7) is 6.28. The first kappa shape index (κ1) is 13.3. The van der Waals surface area contributed by atoms with Crippen LogP contribution in [-0.2, 0) is 11.2 Å². The fraction of sp³-hybridized carbons (Fsp3) is 0.375. The topological polar surface area (TPSA) is 50.2 Å². The van der Waals surface area contributed by atoms with Crippen LogP contribution < -0.4 is 0 Å². The van der Waals surface area contributed by atoms with E-state index >= 15 is 0 Å². The number of hydrogen-bond donors (Lipinski definition) is 1. The van der Waals surface area contributed by atoms with Crippen molar-refractivity contribution in [3.63, 3.8) is 0 Å². The third-order valence-electron chi connectivity index (χ3n) is 3.91. The van der Waals surface area contributed by atoms with Gasteiger partial charge in [-0.2, -0.15) is 0 Å². The first-order valence-electron chi connectivity index (χ1n) is 6.78. The molecule has 0 bridgehead atoms. The van der Waals surface area contributed by atoms with Crippen molar-refractivity contribution in [1.82, 2.24) is 4.98 Å². The maximum Gasteiger partial charge on any atom is 0.312 e. The molecular weight excluding hydrogens is 270 g/mol. The van der Waals surface area contributed by atoms with Crippen molar-refractivity contribution in [3.05, 3.63) is 39.4 Å². The van der Waals surface area contributed by atoms with Gasteiger partial charge < -0.3 is 5.11 Å². The Balaban J connectivity index is 2.10. The number of carboxylic acids is 1. The maximum atomic E-state index is 11.3. The molecular formula is C16H17NO2S. The van der Waals surface area contributed by atoms with E-state index in [0.29, 0.717) is 6.42 Å². The number of benzene rings is 1. The molecule has 1 heterocycles. The van der Waals surface area contributed by atoms with Gasteiger partial charge in [-0.05, 0) is 44.7 Å². The molecule has 0 fully saturated rings. The second-order valence-electron chi connectivity index (χ2n) is 5.53. The van der Waals surface area contributed by atoms with Gasteiger partial charge in [-0.1, -0.05) is 17.7 Å². The minimum Gasteiger partial charge on any atom is -0.481 e. The Labute approximate surface area is 122 Å². The Morgan fingerprint density at radius 3 is 2.55 bits per heavy atom. The molecule has 1 N–H and O–H groups in total. The van der Waals surface area contributed by atoms with Gasteiger partial charge in [0.2, 0.25) is 0 Å². The number of carbonyl (C=O) groups is 1. The highest BCUT2D eigenvalue weighted by atomic mass is 32.1. The van der Waals surface area contributed by atoms with Crippen molar-refractivity contribution >= 4 is 17.3 Å². The lowest BCUT2D eigenvalue weighted by Gasteiger charge is -2.09. The van der Waals surface area contributed by atoms with Crippen LogP contribution in [0.5, 0.6) is 0 Å². The van der Waals surface area contributed by atoms with Gasteiger partial charge >= 0.3 is 5.97 Å². The molecule has 0 spiro atoms. The van der Waals surface area contributed by atoms with E-state index in [9.17, 15) is 9.90 Å². The third kappa shape index (κ3) is 2.04. The first-order valence-corrected chi connectivity index (χ1v) is 7.59. The van der Waals surface area contributed by atoms with Crippen LogP contribution in [0, 0.1) is 20.8 Å². The fourth-order valence-electron chi connectivity index (χ4n) is 3.09. The van der Waals surface area contributed by atoms with Crippen LogP contribution in [0.4, 0.5) is 0 Å². The van der Waals surface area contributed by atoms with Crippen LogP contribution in [0.15, 0.2) is 12.1 Å². The molecule has 2 aromatic rings. The second kappa shape index (κ2) is 4.70. The zero-order valence-corrected chi connectivity index (χ0v) is 12.7. The molecule has 1 atom stereocenters. The minimum atomic E-state index is -0.752. The Morgan fingerprint density at radius 1 is 1.30 bits per heavy atom. The average Bonchev–Trinajstić information content (AvgIpc) is 2.86. The van der Waals surface area contributed by atoms with Gasteiger partial charge in [-0.3, -0.25) is 4.79 Å². The molecule has 1 aromatic carbocycles. The summed E-state index contributed by atoms with van der Waals surface area (Å²) in [5, 5.41) is 10.2. The quantitative estimate of drug-likeness (QED) is 0.912. The molecule has 0 saturated carbocycles. The number of aromatic nitrogens is 1. The summed E-state index contributed by atoms with van der Waals surface area (Å²) in [6.07, 6.45) is 1.53. The minimum absolute atomic E-state index is 0.416. The Bertz CT molecular complexity index is 679. The van der Waals surface area contributed by atoms with Gasteiger partial charge in [0, 0.05) is 10.4 Å². The summed E-state index contributed by atoms with van der Waals surface area (Å²) < 4.78 is 0. The smallest absolute Gasteiger partial charge is 0.312 e. The van der Waals surface area contributed by atoms with Crippen LogP contribution in [-0.4, -0.2) is 16.1 Å². The van der Waals surface area contributed by atoms with E-state index in [1.165, 1.54) is 22.3 Å². The molecule has 4 heteroatoms. The van der Waals surface area contributed by atoms with E-state index < -0.39 is 11.9 Å². The molecule has 0 saturated heterocycles. The van der Waals surface area contributed by atoms with E-state index in [0.717, 1.165) is 22.0 Å². The highest BCUT2D eigenvalue weighted by molar-refractivity contribution is 7.15. The molecule has 1 aliphatic carbocycles. The van der Waals surface area contributed by atoms with Gasteiger partial charge in [0.15, 0.2) is 0 Å². The van der Waals surface area contributed by atoms with E-state index in [4.69, 9.17) is 0 Å². The summed E-state index contributed by atoms with van der Waals surface area (Å²) in [4.78, 5) is 17.1.